The standard InChI is InChI=1S/C22H25N3O4/c1-28-20-15-18(9-10-19(20)29-14-13-23-11-5-6-12-23)24-16-21(26)25(22(24)27)17-7-3-2-4-8-17/h2-4,7-10,15H,5-6,11-14,16H2,1H3. The number of amides is 3. The monoisotopic (exact) mass is 395 g/mol. The van der Waals surface area contributed by atoms with Crippen molar-refractivity contribution in [3.63, 3.8) is 0 Å². The van der Waals surface area contributed by atoms with Gasteiger partial charge in [0.25, 0.3) is 5.91 Å². The smallest absolute Gasteiger partial charge is 0.336 e. The van der Waals surface area contributed by atoms with Gasteiger partial charge in [-0.3, -0.25) is 14.6 Å². The number of ether oxygens (including phenoxy) is 2. The zero-order valence-corrected chi connectivity index (χ0v) is 16.5. The molecular formula is C22H25N3O4. The summed E-state index contributed by atoms with van der Waals surface area (Å²) in [6.07, 6.45) is 2.50. The summed E-state index contributed by atoms with van der Waals surface area (Å²) in [6.45, 7) is 3.71. The molecule has 0 saturated carbocycles. The number of hydrogen-bond donors (Lipinski definition) is 0. The summed E-state index contributed by atoms with van der Waals surface area (Å²) in [5, 5.41) is 0. The minimum atomic E-state index is -0.369. The molecule has 2 aromatic rings. The van der Waals surface area contributed by atoms with Gasteiger partial charge in [-0.05, 0) is 50.2 Å². The van der Waals surface area contributed by atoms with Gasteiger partial charge in [0.15, 0.2) is 11.5 Å². The molecule has 2 aliphatic rings. The van der Waals surface area contributed by atoms with E-state index in [1.807, 2.05) is 6.07 Å². The van der Waals surface area contributed by atoms with Crippen molar-refractivity contribution in [1.82, 2.24) is 4.90 Å². The van der Waals surface area contributed by atoms with E-state index in [-0.39, 0.29) is 18.5 Å². The Morgan fingerprint density at radius 1 is 0.931 bits per heavy atom. The van der Waals surface area contributed by atoms with Crippen LogP contribution in [0.1, 0.15) is 12.8 Å². The Hall–Kier alpha value is -3.06. The number of hydrogen-bond acceptors (Lipinski definition) is 5. The van der Waals surface area contributed by atoms with Crippen molar-refractivity contribution in [1.29, 1.82) is 0 Å². The van der Waals surface area contributed by atoms with E-state index in [0.717, 1.165) is 19.6 Å². The van der Waals surface area contributed by atoms with E-state index in [0.29, 0.717) is 29.5 Å². The highest BCUT2D eigenvalue weighted by atomic mass is 16.5. The van der Waals surface area contributed by atoms with Gasteiger partial charge in [0.1, 0.15) is 13.2 Å². The Balaban J connectivity index is 1.47. The average molecular weight is 395 g/mol. The first kappa shape index (κ1) is 19.3. The largest absolute Gasteiger partial charge is 0.493 e. The van der Waals surface area contributed by atoms with Gasteiger partial charge in [-0.1, -0.05) is 18.2 Å². The van der Waals surface area contributed by atoms with Gasteiger partial charge in [0.05, 0.1) is 12.8 Å². The van der Waals surface area contributed by atoms with Crippen molar-refractivity contribution in [2.75, 3.05) is 49.7 Å². The molecule has 4 rings (SSSR count). The second-order valence-electron chi connectivity index (χ2n) is 7.17. The number of urea groups is 1. The molecule has 0 atom stereocenters. The number of methoxy groups -OCH3 is 1. The Morgan fingerprint density at radius 3 is 2.41 bits per heavy atom. The molecule has 7 nitrogen and oxygen atoms in total. The molecule has 2 fully saturated rings. The first-order chi connectivity index (χ1) is 14.2. The van der Waals surface area contributed by atoms with Gasteiger partial charge in [0, 0.05) is 18.3 Å². The summed E-state index contributed by atoms with van der Waals surface area (Å²) in [6, 6.07) is 13.9. The van der Waals surface area contributed by atoms with Crippen LogP contribution in [0.25, 0.3) is 0 Å². The lowest BCUT2D eigenvalue weighted by Gasteiger charge is -2.19. The molecule has 3 amide bonds. The van der Waals surface area contributed by atoms with E-state index in [2.05, 4.69) is 4.90 Å². The number of carbonyl (C=O) groups is 2. The maximum absolute atomic E-state index is 12.9. The molecule has 2 heterocycles. The van der Waals surface area contributed by atoms with Crippen LogP contribution >= 0.6 is 0 Å². The number of imide groups is 1. The molecule has 0 radical (unpaired) electrons. The number of carbonyl (C=O) groups excluding carboxylic acids is 2. The van der Waals surface area contributed by atoms with E-state index < -0.39 is 0 Å². The number of anilines is 2. The Labute approximate surface area is 170 Å². The number of rotatable bonds is 7. The topological polar surface area (TPSA) is 62.3 Å². The second-order valence-corrected chi connectivity index (χ2v) is 7.17. The van der Waals surface area contributed by atoms with Crippen LogP contribution in [0.3, 0.4) is 0 Å². The van der Waals surface area contributed by atoms with E-state index >= 15 is 0 Å². The van der Waals surface area contributed by atoms with Crippen molar-refractivity contribution in [3.05, 3.63) is 48.5 Å². The van der Waals surface area contributed by atoms with E-state index in [1.165, 1.54) is 22.6 Å². The Bertz CT molecular complexity index is 881. The number of nitrogens with zero attached hydrogens (tertiary/aromatic N) is 3. The third-order valence-corrected chi connectivity index (χ3v) is 5.30. The van der Waals surface area contributed by atoms with Gasteiger partial charge in [-0.15, -0.1) is 0 Å². The Morgan fingerprint density at radius 2 is 1.69 bits per heavy atom. The lowest BCUT2D eigenvalue weighted by atomic mass is 10.2. The van der Waals surface area contributed by atoms with E-state index in [9.17, 15) is 9.59 Å². The van der Waals surface area contributed by atoms with Crippen LogP contribution < -0.4 is 19.3 Å². The minimum Gasteiger partial charge on any atom is -0.493 e. The number of benzene rings is 2. The molecule has 0 unspecified atom stereocenters. The SMILES string of the molecule is COc1cc(N2CC(=O)N(c3ccccc3)C2=O)ccc1OCCN1CCCC1. The first-order valence-electron chi connectivity index (χ1n) is 9.90. The van der Waals surface area contributed by atoms with Crippen molar-refractivity contribution in [2.24, 2.45) is 0 Å². The fourth-order valence-corrected chi connectivity index (χ4v) is 3.77. The van der Waals surface area contributed by atoms with Crippen molar-refractivity contribution >= 4 is 23.3 Å². The quantitative estimate of drug-likeness (QED) is 0.674. The highest BCUT2D eigenvalue weighted by Gasteiger charge is 2.38. The average Bonchev–Trinajstić information content (AvgIpc) is 3.36. The first-order valence-corrected chi connectivity index (χ1v) is 9.90. The summed E-state index contributed by atoms with van der Waals surface area (Å²) in [4.78, 5) is 30.4. The molecule has 2 saturated heterocycles. The molecular weight excluding hydrogens is 370 g/mol. The van der Waals surface area contributed by atoms with Crippen molar-refractivity contribution < 1.29 is 19.1 Å². The number of para-hydroxylation sites is 1. The molecule has 0 aliphatic carbocycles. The van der Waals surface area contributed by atoms with Gasteiger partial charge < -0.3 is 9.47 Å². The normalized spacial score (nSPS) is 17.3. The zero-order valence-electron chi connectivity index (χ0n) is 16.5. The highest BCUT2D eigenvalue weighted by Crippen LogP contribution is 2.34. The fourth-order valence-electron chi connectivity index (χ4n) is 3.77. The minimum absolute atomic E-state index is 0.00789. The molecule has 7 heteroatoms. The van der Waals surface area contributed by atoms with Gasteiger partial charge in [-0.25, -0.2) is 9.69 Å². The molecule has 0 aromatic heterocycles. The van der Waals surface area contributed by atoms with Crippen LogP contribution in [-0.4, -0.2) is 56.7 Å². The fraction of sp³-hybridized carbons (Fsp3) is 0.364. The molecule has 2 aliphatic heterocycles. The second kappa shape index (κ2) is 8.53. The molecule has 29 heavy (non-hydrogen) atoms. The third kappa shape index (κ3) is 4.05. The summed E-state index contributed by atoms with van der Waals surface area (Å²) >= 11 is 0. The maximum Gasteiger partial charge on any atom is 0.336 e. The predicted octanol–water partition coefficient (Wildman–Crippen LogP) is 3.14. The van der Waals surface area contributed by atoms with E-state index in [1.54, 1.807) is 49.6 Å². The highest BCUT2D eigenvalue weighted by molar-refractivity contribution is 6.26. The zero-order chi connectivity index (χ0) is 20.2. The van der Waals surface area contributed by atoms with Crippen LogP contribution in [0.5, 0.6) is 11.5 Å². The number of likely N-dealkylation sites (tertiary alicyclic amines) is 1. The van der Waals surface area contributed by atoms with Crippen LogP contribution in [-0.2, 0) is 4.79 Å². The predicted molar refractivity (Wildman–Crippen MR) is 111 cm³/mol. The molecule has 0 N–H and O–H groups in total. The summed E-state index contributed by atoms with van der Waals surface area (Å²) < 4.78 is 11.4. The van der Waals surface area contributed by atoms with Crippen LogP contribution in [0.2, 0.25) is 0 Å². The lowest BCUT2D eigenvalue weighted by Crippen LogP contribution is -2.32. The third-order valence-electron chi connectivity index (χ3n) is 5.30. The molecule has 2 aromatic carbocycles. The van der Waals surface area contributed by atoms with Gasteiger partial charge in [-0.2, -0.15) is 0 Å². The molecule has 0 spiro atoms. The van der Waals surface area contributed by atoms with Crippen molar-refractivity contribution in [2.45, 2.75) is 12.8 Å². The Kier molecular flexibility index (Phi) is 5.67. The van der Waals surface area contributed by atoms with Gasteiger partial charge >= 0.3 is 6.03 Å². The van der Waals surface area contributed by atoms with E-state index in [4.69, 9.17) is 9.47 Å². The van der Waals surface area contributed by atoms with Crippen molar-refractivity contribution in [3.8, 4) is 11.5 Å². The molecule has 0 bridgehead atoms. The molecule has 152 valence electrons. The summed E-state index contributed by atoms with van der Waals surface area (Å²) in [5.74, 6) is 0.918. The maximum atomic E-state index is 12.9. The summed E-state index contributed by atoms with van der Waals surface area (Å²) in [7, 11) is 1.57. The van der Waals surface area contributed by atoms with Crippen LogP contribution in [0.15, 0.2) is 48.5 Å². The summed E-state index contributed by atoms with van der Waals surface area (Å²) in [5.41, 5.74) is 1.17. The van der Waals surface area contributed by atoms with Crippen LogP contribution in [0, 0.1) is 0 Å². The lowest BCUT2D eigenvalue weighted by molar-refractivity contribution is -0.115. The van der Waals surface area contributed by atoms with Gasteiger partial charge in [0.2, 0.25) is 0 Å². The van der Waals surface area contributed by atoms with Crippen LogP contribution in [0.4, 0.5) is 16.2 Å².